The molecule has 2 rings (SSSR count). The first-order valence-corrected chi connectivity index (χ1v) is 6.52. The number of carbonyl (C=O) groups is 1. The number of pyridine rings is 1. The Bertz CT molecular complexity index is 512. The molecule has 4 N–H and O–H groups in total. The molecule has 0 fully saturated rings. The van der Waals surface area contributed by atoms with Crippen molar-refractivity contribution < 1.29 is 15.0 Å². The average molecular weight is 264 g/mol. The smallest absolute Gasteiger partial charge is 0.339 e. The van der Waals surface area contributed by atoms with E-state index >= 15 is 0 Å². The van der Waals surface area contributed by atoms with Crippen LogP contribution in [0.1, 0.15) is 48.3 Å². The summed E-state index contributed by atoms with van der Waals surface area (Å²) < 4.78 is 0. The highest BCUT2D eigenvalue weighted by molar-refractivity contribution is 5.92. The molecule has 104 valence electrons. The maximum absolute atomic E-state index is 11.1. The van der Waals surface area contributed by atoms with Crippen molar-refractivity contribution in [2.24, 2.45) is 5.92 Å². The minimum absolute atomic E-state index is 0.0731. The lowest BCUT2D eigenvalue weighted by molar-refractivity contribution is 0.0697. The summed E-state index contributed by atoms with van der Waals surface area (Å²) in [5.74, 6) is -0.625. The predicted molar refractivity (Wildman–Crippen MR) is 72.1 cm³/mol. The number of fused-ring (bicyclic) bond motifs is 1. The summed E-state index contributed by atoms with van der Waals surface area (Å²) in [7, 11) is 0. The molecule has 5 heteroatoms. The summed E-state index contributed by atoms with van der Waals surface area (Å²) in [5.41, 5.74) is 7.47. The number of aliphatic hydroxyl groups excluding tert-OH is 1. The quantitative estimate of drug-likeness (QED) is 0.770. The molecule has 1 aliphatic rings. The van der Waals surface area contributed by atoms with Gasteiger partial charge in [0.25, 0.3) is 0 Å². The maximum atomic E-state index is 11.1. The van der Waals surface area contributed by atoms with Crippen molar-refractivity contribution in [1.82, 2.24) is 4.98 Å². The van der Waals surface area contributed by atoms with Crippen molar-refractivity contribution in [1.29, 1.82) is 0 Å². The number of nitrogens with zero attached hydrogens (tertiary/aromatic N) is 1. The van der Waals surface area contributed by atoms with E-state index in [0.29, 0.717) is 5.92 Å². The number of aliphatic hydroxyl groups is 1. The third-order valence-electron chi connectivity index (χ3n) is 4.23. The van der Waals surface area contributed by atoms with Crippen molar-refractivity contribution >= 4 is 11.8 Å². The fourth-order valence-electron chi connectivity index (χ4n) is 3.03. The topological polar surface area (TPSA) is 96.4 Å². The van der Waals surface area contributed by atoms with Crippen molar-refractivity contribution in [2.75, 3.05) is 12.3 Å². The highest BCUT2D eigenvalue weighted by Gasteiger charge is 2.38. The molecule has 0 saturated carbocycles. The summed E-state index contributed by atoms with van der Waals surface area (Å²) in [6.45, 7) is 4.32. The van der Waals surface area contributed by atoms with Gasteiger partial charge in [-0.05, 0) is 36.8 Å². The number of hydrogen-bond acceptors (Lipinski definition) is 4. The second-order valence-electron chi connectivity index (χ2n) is 5.70. The van der Waals surface area contributed by atoms with Crippen LogP contribution in [0.3, 0.4) is 0 Å². The highest BCUT2D eigenvalue weighted by Crippen LogP contribution is 2.42. The van der Waals surface area contributed by atoms with Crippen LogP contribution >= 0.6 is 0 Å². The molecule has 0 saturated heterocycles. The Morgan fingerprint density at radius 3 is 2.84 bits per heavy atom. The molecule has 1 unspecified atom stereocenters. The van der Waals surface area contributed by atoms with E-state index in [9.17, 15) is 4.79 Å². The van der Waals surface area contributed by atoms with Gasteiger partial charge >= 0.3 is 5.97 Å². The van der Waals surface area contributed by atoms with E-state index in [4.69, 9.17) is 15.9 Å². The lowest BCUT2D eigenvalue weighted by atomic mass is 9.66. The van der Waals surface area contributed by atoms with Crippen LogP contribution in [0.5, 0.6) is 0 Å². The second-order valence-corrected chi connectivity index (χ2v) is 5.70. The molecule has 19 heavy (non-hydrogen) atoms. The first-order chi connectivity index (χ1) is 8.87. The van der Waals surface area contributed by atoms with Gasteiger partial charge in [0.2, 0.25) is 0 Å². The third kappa shape index (κ3) is 2.30. The number of aryl methyl sites for hydroxylation is 1. The van der Waals surface area contributed by atoms with Crippen molar-refractivity contribution in [3.05, 3.63) is 22.9 Å². The van der Waals surface area contributed by atoms with E-state index in [2.05, 4.69) is 18.8 Å². The largest absolute Gasteiger partial charge is 0.478 e. The van der Waals surface area contributed by atoms with Gasteiger partial charge in [0.1, 0.15) is 11.4 Å². The zero-order valence-corrected chi connectivity index (χ0v) is 11.3. The molecule has 0 amide bonds. The van der Waals surface area contributed by atoms with E-state index in [1.54, 1.807) is 6.07 Å². The van der Waals surface area contributed by atoms with Crippen LogP contribution in [0.15, 0.2) is 6.07 Å². The molecule has 1 heterocycles. The lowest BCUT2D eigenvalue weighted by Crippen LogP contribution is -2.36. The van der Waals surface area contributed by atoms with E-state index < -0.39 is 5.97 Å². The zero-order chi connectivity index (χ0) is 14.2. The molecule has 5 nitrogen and oxygen atoms in total. The predicted octanol–water partition coefficient (Wildman–Crippen LogP) is 1.58. The van der Waals surface area contributed by atoms with Crippen LogP contribution in [-0.2, 0) is 11.8 Å². The van der Waals surface area contributed by atoms with Gasteiger partial charge in [-0.15, -0.1) is 0 Å². The first kappa shape index (κ1) is 13.8. The molecule has 0 spiro atoms. The van der Waals surface area contributed by atoms with Gasteiger partial charge < -0.3 is 15.9 Å². The van der Waals surface area contributed by atoms with Gasteiger partial charge in [0, 0.05) is 12.0 Å². The van der Waals surface area contributed by atoms with Crippen molar-refractivity contribution in [3.8, 4) is 0 Å². The molecule has 0 aromatic carbocycles. The van der Waals surface area contributed by atoms with Gasteiger partial charge in [0.15, 0.2) is 0 Å². The fraction of sp³-hybridized carbons (Fsp3) is 0.571. The van der Waals surface area contributed by atoms with E-state index in [1.807, 2.05) is 0 Å². The number of aromatic nitrogens is 1. The fourth-order valence-corrected chi connectivity index (χ4v) is 3.03. The number of hydrogen-bond donors (Lipinski definition) is 3. The van der Waals surface area contributed by atoms with Crippen LogP contribution in [0, 0.1) is 5.92 Å². The summed E-state index contributed by atoms with van der Waals surface area (Å²) >= 11 is 0. The molecule has 1 aliphatic carbocycles. The summed E-state index contributed by atoms with van der Waals surface area (Å²) in [4.78, 5) is 15.4. The molecular weight excluding hydrogens is 244 g/mol. The molecule has 1 aromatic heterocycles. The van der Waals surface area contributed by atoms with Gasteiger partial charge in [-0.2, -0.15) is 0 Å². The van der Waals surface area contributed by atoms with E-state index in [1.165, 1.54) is 0 Å². The van der Waals surface area contributed by atoms with Crippen LogP contribution in [0.2, 0.25) is 0 Å². The van der Waals surface area contributed by atoms with Crippen LogP contribution in [0.4, 0.5) is 5.82 Å². The minimum Gasteiger partial charge on any atom is -0.478 e. The lowest BCUT2D eigenvalue weighted by Gasteiger charge is -2.39. The van der Waals surface area contributed by atoms with Crippen molar-refractivity contribution in [3.63, 3.8) is 0 Å². The molecule has 0 bridgehead atoms. The Labute approximate surface area is 112 Å². The Morgan fingerprint density at radius 1 is 1.58 bits per heavy atom. The second kappa shape index (κ2) is 4.81. The van der Waals surface area contributed by atoms with Gasteiger partial charge in [-0.25, -0.2) is 9.78 Å². The van der Waals surface area contributed by atoms with Crippen LogP contribution < -0.4 is 5.73 Å². The average Bonchev–Trinajstić information content (AvgIpc) is 2.33. The zero-order valence-electron chi connectivity index (χ0n) is 11.3. The summed E-state index contributed by atoms with van der Waals surface area (Å²) in [5, 5.41) is 18.2. The molecule has 1 aromatic rings. The molecule has 1 atom stereocenters. The third-order valence-corrected chi connectivity index (χ3v) is 4.23. The number of anilines is 1. The molecular formula is C14H20N2O3. The highest BCUT2D eigenvalue weighted by atomic mass is 16.4. The number of carboxylic acid groups (broad SMARTS) is 1. The van der Waals surface area contributed by atoms with E-state index in [-0.39, 0.29) is 23.4 Å². The standard InChI is InChI=1S/C14H20N2O3/c1-14(2)9(5-6-17)4-3-8-7-10(13(18)19)12(15)16-11(8)14/h7,9,17H,3-6H2,1-2H3,(H2,15,16)(H,18,19). The maximum Gasteiger partial charge on any atom is 0.339 e. The molecule has 0 aliphatic heterocycles. The van der Waals surface area contributed by atoms with Crippen molar-refractivity contribution in [2.45, 2.75) is 38.5 Å². The Hall–Kier alpha value is -1.62. The van der Waals surface area contributed by atoms with Crippen LogP contribution in [-0.4, -0.2) is 27.8 Å². The minimum atomic E-state index is -1.04. The Morgan fingerprint density at radius 2 is 2.26 bits per heavy atom. The van der Waals surface area contributed by atoms with Gasteiger partial charge in [-0.3, -0.25) is 0 Å². The normalized spacial score (nSPS) is 20.9. The van der Waals surface area contributed by atoms with Gasteiger partial charge in [-0.1, -0.05) is 13.8 Å². The van der Waals surface area contributed by atoms with Crippen LogP contribution in [0.25, 0.3) is 0 Å². The number of rotatable bonds is 3. The Balaban J connectivity index is 2.49. The van der Waals surface area contributed by atoms with E-state index in [0.717, 1.165) is 30.5 Å². The summed E-state index contributed by atoms with van der Waals surface area (Å²) in [6, 6.07) is 1.65. The Kier molecular flexibility index (Phi) is 3.49. The number of nitrogen functional groups attached to an aromatic ring is 1. The van der Waals surface area contributed by atoms with Gasteiger partial charge in [0.05, 0.1) is 5.69 Å². The summed E-state index contributed by atoms with van der Waals surface area (Å²) in [6.07, 6.45) is 2.46. The SMILES string of the molecule is CC1(C)c2nc(N)c(C(=O)O)cc2CCC1CCO. The number of aromatic carboxylic acids is 1. The number of nitrogens with two attached hydrogens (primary N) is 1. The first-order valence-electron chi connectivity index (χ1n) is 6.52. The monoisotopic (exact) mass is 264 g/mol. The number of carboxylic acids is 1. The molecule has 0 radical (unpaired) electrons.